The second-order valence-electron chi connectivity index (χ2n) is 10.5. The summed E-state index contributed by atoms with van der Waals surface area (Å²) in [6.07, 6.45) is 0. The van der Waals surface area contributed by atoms with Gasteiger partial charge in [0.25, 0.3) is 0 Å². The summed E-state index contributed by atoms with van der Waals surface area (Å²) >= 11 is 0. The minimum atomic E-state index is -4.92. The van der Waals surface area contributed by atoms with E-state index in [0.29, 0.717) is 44.0 Å². The van der Waals surface area contributed by atoms with Gasteiger partial charge in [0, 0.05) is 10.8 Å². The van der Waals surface area contributed by atoms with Crippen LogP contribution in [0.3, 0.4) is 0 Å². The summed E-state index contributed by atoms with van der Waals surface area (Å²) in [6, 6.07) is 26.9. The molecule has 0 aliphatic heterocycles. The van der Waals surface area contributed by atoms with Crippen LogP contribution in [0.25, 0.3) is 43.8 Å². The van der Waals surface area contributed by atoms with Crippen LogP contribution in [0, 0.1) is 34.3 Å². The molecule has 0 amide bonds. The number of aromatic hydroxyl groups is 2. The Kier molecular flexibility index (Phi) is 9.91. The minimum Gasteiger partial charge on any atom is -0.508 e. The Morgan fingerprint density at radius 3 is 1.60 bits per heavy atom. The van der Waals surface area contributed by atoms with Crippen molar-refractivity contribution in [1.29, 1.82) is 10.5 Å². The molecule has 6 aromatic rings. The zero-order chi connectivity index (χ0) is 36.4. The van der Waals surface area contributed by atoms with Crippen LogP contribution in [0.5, 0.6) is 23.0 Å². The number of nitriles is 2. The molecule has 0 atom stereocenters. The average molecular weight is 718 g/mol. The fourth-order valence-corrected chi connectivity index (χ4v) is 5.76. The first kappa shape index (κ1) is 35.5. The maximum absolute atomic E-state index is 14.1. The molecule has 0 spiro atoms. The Morgan fingerprint density at radius 2 is 1.08 bits per heavy atom. The second kappa shape index (κ2) is 14.0. The smallest absolute Gasteiger partial charge is 0.508 e. The fraction of sp³-hybridized carbons (Fsp3) is 0. The minimum absolute atomic E-state index is 0.0856. The molecule has 0 aliphatic rings. The van der Waals surface area contributed by atoms with Crippen LogP contribution < -0.4 is 9.05 Å². The van der Waals surface area contributed by atoms with Crippen molar-refractivity contribution in [3.05, 3.63) is 120 Å². The van der Waals surface area contributed by atoms with Crippen LogP contribution in [0.15, 0.2) is 97.1 Å². The Bertz CT molecular complexity index is 2490. The van der Waals surface area contributed by atoms with Crippen LogP contribution in [0.1, 0.15) is 11.1 Å². The van der Waals surface area contributed by atoms with Crippen molar-refractivity contribution < 1.29 is 56.7 Å². The molecule has 6 aromatic carbocycles. The Morgan fingerprint density at radius 1 is 0.560 bits per heavy atom. The van der Waals surface area contributed by atoms with Crippen LogP contribution in [-0.2, 0) is 9.13 Å². The fourth-order valence-electron chi connectivity index (χ4n) is 4.96. The summed E-state index contributed by atoms with van der Waals surface area (Å²) < 4.78 is 58.2. The van der Waals surface area contributed by atoms with Gasteiger partial charge in [-0.25, -0.2) is 17.9 Å². The van der Waals surface area contributed by atoms with Gasteiger partial charge in [-0.1, -0.05) is 24.3 Å². The van der Waals surface area contributed by atoms with Crippen LogP contribution in [0.2, 0.25) is 0 Å². The third kappa shape index (κ3) is 8.42. The van der Waals surface area contributed by atoms with E-state index in [1.807, 2.05) is 6.07 Å². The van der Waals surface area contributed by atoms with Crippen molar-refractivity contribution in [3.8, 4) is 57.4 Å². The van der Waals surface area contributed by atoms with Crippen molar-refractivity contribution in [2.75, 3.05) is 0 Å². The third-order valence-corrected chi connectivity index (χ3v) is 7.98. The molecule has 252 valence electrons. The predicted molar refractivity (Wildman–Crippen MR) is 177 cm³/mol. The van der Waals surface area contributed by atoms with Gasteiger partial charge in [0.2, 0.25) is 0 Å². The van der Waals surface area contributed by atoms with E-state index < -0.39 is 38.8 Å². The lowest BCUT2D eigenvalue weighted by Crippen LogP contribution is -1.94. The molecule has 6 N–H and O–H groups in total. The number of rotatable bonds is 6. The standard InChI is InChI=1S/C17H12FNO8P2.C17H10FNO2/c18-16-7-10(2-4-17(16)27-29(23,24)25)12-5-11-1-3-14(26-28(20,21)22)8-15(11)13(6-12)9-19;18-16-7-10(2-4-17(16)21)12-5-11-1-3-14(20)8-15(11)13(6-12)9-19/h1-8H,(H2,20,21,22)(H2,23,24,25);1-8,20-21H. The lowest BCUT2D eigenvalue weighted by atomic mass is 9.97. The van der Waals surface area contributed by atoms with Crippen molar-refractivity contribution >= 4 is 37.2 Å². The first-order valence-electron chi connectivity index (χ1n) is 14.0. The first-order chi connectivity index (χ1) is 23.5. The summed E-state index contributed by atoms with van der Waals surface area (Å²) in [5.41, 5.74) is 2.52. The summed E-state index contributed by atoms with van der Waals surface area (Å²) in [5, 5.41) is 39.7. The Balaban J connectivity index is 0.000000204. The van der Waals surface area contributed by atoms with E-state index >= 15 is 0 Å². The van der Waals surface area contributed by atoms with E-state index in [2.05, 4.69) is 15.1 Å². The van der Waals surface area contributed by atoms with E-state index in [0.717, 1.165) is 17.5 Å². The summed E-state index contributed by atoms with van der Waals surface area (Å²) in [7, 11) is -9.68. The highest BCUT2D eigenvalue weighted by Crippen LogP contribution is 2.41. The lowest BCUT2D eigenvalue weighted by molar-refractivity contribution is 0.277. The number of hydrogen-bond donors (Lipinski definition) is 6. The number of phosphoric ester groups is 2. The average Bonchev–Trinajstić information content (AvgIpc) is 3.05. The molecule has 0 radical (unpaired) electrons. The number of phosphoric acid groups is 2. The van der Waals surface area contributed by atoms with E-state index in [1.165, 1.54) is 54.6 Å². The molecule has 0 fully saturated rings. The molecule has 0 bridgehead atoms. The first-order valence-corrected chi connectivity index (χ1v) is 17.0. The molecule has 0 aliphatic carbocycles. The van der Waals surface area contributed by atoms with Crippen LogP contribution in [0.4, 0.5) is 8.78 Å². The van der Waals surface area contributed by atoms with E-state index in [-0.39, 0.29) is 17.1 Å². The zero-order valence-electron chi connectivity index (χ0n) is 25.1. The lowest BCUT2D eigenvalue weighted by Gasteiger charge is -2.11. The molecule has 0 unspecified atom stereocenters. The van der Waals surface area contributed by atoms with E-state index in [9.17, 15) is 38.6 Å². The third-order valence-electron chi connectivity index (χ3n) is 7.09. The molecule has 16 heteroatoms. The van der Waals surface area contributed by atoms with Gasteiger partial charge in [0.15, 0.2) is 23.1 Å². The van der Waals surface area contributed by atoms with Crippen molar-refractivity contribution in [1.82, 2.24) is 0 Å². The highest BCUT2D eigenvalue weighted by molar-refractivity contribution is 7.47. The Hall–Kier alpha value is -5.82. The summed E-state index contributed by atoms with van der Waals surface area (Å²) in [5.74, 6) is -2.79. The maximum Gasteiger partial charge on any atom is 0.524 e. The monoisotopic (exact) mass is 718 g/mol. The number of nitrogens with zero attached hydrogens (tertiary/aromatic N) is 2. The predicted octanol–water partition coefficient (Wildman–Crippen LogP) is 7.39. The van der Waals surface area contributed by atoms with Crippen LogP contribution >= 0.6 is 15.6 Å². The van der Waals surface area contributed by atoms with Gasteiger partial charge in [-0.15, -0.1) is 0 Å². The van der Waals surface area contributed by atoms with Gasteiger partial charge in [-0.2, -0.15) is 10.5 Å². The van der Waals surface area contributed by atoms with E-state index in [4.69, 9.17) is 19.6 Å². The molecular weight excluding hydrogens is 696 g/mol. The number of benzene rings is 6. The largest absolute Gasteiger partial charge is 0.524 e. The van der Waals surface area contributed by atoms with Gasteiger partial charge in [-0.05, 0) is 106 Å². The van der Waals surface area contributed by atoms with E-state index in [1.54, 1.807) is 30.3 Å². The van der Waals surface area contributed by atoms with Gasteiger partial charge in [0.05, 0.1) is 23.3 Å². The SMILES string of the molecule is N#Cc1cc(-c2ccc(O)c(F)c2)cc2ccc(O)cc12.N#Cc1cc(-c2ccc(OP(=O)(O)O)c(F)c2)cc2ccc(OP(=O)(O)O)cc12. The molecular formula is C34H22F2N2O10P2. The normalized spacial score (nSPS) is 11.3. The van der Waals surface area contributed by atoms with Crippen molar-refractivity contribution in [2.45, 2.75) is 0 Å². The number of hydrogen-bond acceptors (Lipinski definition) is 8. The molecule has 50 heavy (non-hydrogen) atoms. The van der Waals surface area contributed by atoms with Crippen molar-refractivity contribution in [2.24, 2.45) is 0 Å². The molecule has 0 heterocycles. The maximum atomic E-state index is 14.1. The molecule has 0 saturated heterocycles. The Labute approximate surface area is 281 Å². The number of fused-ring (bicyclic) bond motifs is 2. The van der Waals surface area contributed by atoms with Gasteiger partial charge >= 0.3 is 15.6 Å². The molecule has 6 rings (SSSR count). The second-order valence-corrected chi connectivity index (χ2v) is 12.9. The quantitative estimate of drug-likeness (QED) is 0.0928. The number of phenols is 2. The highest BCUT2D eigenvalue weighted by Gasteiger charge is 2.20. The van der Waals surface area contributed by atoms with Crippen molar-refractivity contribution in [3.63, 3.8) is 0 Å². The zero-order valence-corrected chi connectivity index (χ0v) is 26.9. The summed E-state index contributed by atoms with van der Waals surface area (Å²) in [6.45, 7) is 0. The van der Waals surface area contributed by atoms with Gasteiger partial charge in [0.1, 0.15) is 11.5 Å². The van der Waals surface area contributed by atoms with Crippen LogP contribution in [-0.4, -0.2) is 29.8 Å². The van der Waals surface area contributed by atoms with Gasteiger partial charge < -0.3 is 19.3 Å². The molecule has 0 saturated carbocycles. The highest BCUT2D eigenvalue weighted by atomic mass is 31.2. The number of phenolic OH excluding ortho intramolecular Hbond substituents is 2. The summed E-state index contributed by atoms with van der Waals surface area (Å²) in [4.78, 5) is 35.4. The molecule has 0 aromatic heterocycles. The van der Waals surface area contributed by atoms with Gasteiger partial charge in [-0.3, -0.25) is 19.6 Å². The topological polar surface area (TPSA) is 222 Å². The number of halogens is 2. The molecule has 12 nitrogen and oxygen atoms in total.